The van der Waals surface area contributed by atoms with Crippen LogP contribution in [0.3, 0.4) is 0 Å². The minimum atomic E-state index is -3.66. The van der Waals surface area contributed by atoms with E-state index in [0.29, 0.717) is 37.0 Å². The molecule has 1 aromatic rings. The fourth-order valence-corrected chi connectivity index (χ4v) is 3.38. The van der Waals surface area contributed by atoms with Gasteiger partial charge in [-0.15, -0.1) is 0 Å². The van der Waals surface area contributed by atoms with Gasteiger partial charge in [-0.05, 0) is 32.6 Å². The minimum absolute atomic E-state index is 0.212. The van der Waals surface area contributed by atoms with E-state index in [1.807, 2.05) is 0 Å². The molecule has 0 aromatic carbocycles. The van der Waals surface area contributed by atoms with E-state index in [1.165, 1.54) is 6.33 Å². The lowest BCUT2D eigenvalue weighted by Crippen LogP contribution is -2.47. The lowest BCUT2D eigenvalue weighted by molar-refractivity contribution is -0.129. The average Bonchev–Trinajstić information content (AvgIpc) is 2.53. The van der Waals surface area contributed by atoms with E-state index in [2.05, 4.69) is 24.9 Å². The summed E-state index contributed by atoms with van der Waals surface area (Å²) in [4.78, 5) is 22.4. The number of anilines is 2. The summed E-state index contributed by atoms with van der Waals surface area (Å²) in [6, 6.07) is 0. The van der Waals surface area contributed by atoms with Crippen LogP contribution in [0.5, 0.6) is 5.75 Å². The zero-order valence-corrected chi connectivity index (χ0v) is 15.0. The van der Waals surface area contributed by atoms with Crippen molar-refractivity contribution in [1.29, 1.82) is 0 Å². The number of amides is 1. The second-order valence-electron chi connectivity index (χ2n) is 6.77. The Balaban J connectivity index is 1.71. The van der Waals surface area contributed by atoms with Gasteiger partial charge in [-0.25, -0.2) is 19.8 Å². The van der Waals surface area contributed by atoms with E-state index in [1.54, 1.807) is 13.8 Å². The lowest BCUT2D eigenvalue weighted by atomic mass is 9.97. The minimum Gasteiger partial charge on any atom is -0.470 e. The van der Waals surface area contributed by atoms with E-state index in [-0.39, 0.29) is 11.8 Å². The van der Waals surface area contributed by atoms with Crippen LogP contribution in [0.25, 0.3) is 0 Å². The molecule has 2 aliphatic rings. The molecule has 1 saturated heterocycles. The second kappa shape index (κ2) is 6.39. The first-order valence-corrected chi connectivity index (χ1v) is 9.58. The molecule has 0 bridgehead atoms. The zero-order chi connectivity index (χ0) is 18.2. The highest BCUT2D eigenvalue weighted by atomic mass is 32.2. The first-order valence-electron chi connectivity index (χ1n) is 8.03. The highest BCUT2D eigenvalue weighted by Crippen LogP contribution is 2.39. The average molecular weight is 370 g/mol. The third-order valence-electron chi connectivity index (χ3n) is 4.41. The molecule has 4 N–H and O–H groups in total. The number of nitrogens with one attached hydrogen (secondary N) is 2. The fourth-order valence-electron chi connectivity index (χ4n) is 2.92. The van der Waals surface area contributed by atoms with E-state index >= 15 is 0 Å². The third-order valence-corrected chi connectivity index (χ3v) is 4.98. The maximum atomic E-state index is 12.0. The normalized spacial score (nSPS) is 20.6. The van der Waals surface area contributed by atoms with Crippen molar-refractivity contribution in [3.8, 4) is 5.75 Å². The Kier molecular flexibility index (Phi) is 4.56. The largest absolute Gasteiger partial charge is 0.470 e. The number of nitrogens with zero attached hydrogens (tertiary/aromatic N) is 3. The van der Waals surface area contributed by atoms with E-state index in [0.717, 1.165) is 12.8 Å². The van der Waals surface area contributed by atoms with Gasteiger partial charge >= 0.3 is 0 Å². The summed E-state index contributed by atoms with van der Waals surface area (Å²) in [7, 11) is -3.66. The predicted molar refractivity (Wildman–Crippen MR) is 91.4 cm³/mol. The number of carbonyl (C=O) groups is 1. The number of rotatable bonds is 4. The Morgan fingerprint density at radius 1 is 1.40 bits per heavy atom. The van der Waals surface area contributed by atoms with Crippen LogP contribution in [0.1, 0.15) is 26.7 Å². The van der Waals surface area contributed by atoms with Gasteiger partial charge in [0.25, 0.3) is 16.1 Å². The Labute approximate surface area is 146 Å². The van der Waals surface area contributed by atoms with Gasteiger partial charge in [0.05, 0.1) is 0 Å². The summed E-state index contributed by atoms with van der Waals surface area (Å²) >= 11 is 0. The molecule has 0 unspecified atom stereocenters. The van der Waals surface area contributed by atoms with Crippen molar-refractivity contribution in [2.45, 2.75) is 32.3 Å². The van der Waals surface area contributed by atoms with Gasteiger partial charge in [-0.1, -0.05) is 0 Å². The Morgan fingerprint density at radius 3 is 2.72 bits per heavy atom. The lowest BCUT2D eigenvalue weighted by Gasteiger charge is -2.36. The van der Waals surface area contributed by atoms with Crippen molar-refractivity contribution >= 4 is 27.8 Å². The molecule has 0 atom stereocenters. The van der Waals surface area contributed by atoms with Gasteiger partial charge in [0.2, 0.25) is 5.75 Å². The van der Waals surface area contributed by atoms with Gasteiger partial charge in [-0.3, -0.25) is 4.79 Å². The van der Waals surface area contributed by atoms with E-state index < -0.39 is 15.8 Å². The first kappa shape index (κ1) is 17.8. The Bertz CT molecular complexity index is 774. The molecule has 11 heteroatoms. The Morgan fingerprint density at radius 2 is 2.08 bits per heavy atom. The quantitative estimate of drug-likeness (QED) is 0.655. The molecule has 3 rings (SSSR count). The van der Waals surface area contributed by atoms with Crippen LogP contribution in [0.4, 0.5) is 11.6 Å². The van der Waals surface area contributed by atoms with Crippen LogP contribution in [0.2, 0.25) is 0 Å². The van der Waals surface area contributed by atoms with Gasteiger partial charge in [-0.2, -0.15) is 8.42 Å². The van der Waals surface area contributed by atoms with Gasteiger partial charge in [0, 0.05) is 19.6 Å². The SMILES string of the molecule is CC1(C)Oc2c(ncnc2N2CCC(CNS(N)(=O)=O)CC2)NC1=O. The summed E-state index contributed by atoms with van der Waals surface area (Å²) in [5.41, 5.74) is -0.996. The summed E-state index contributed by atoms with van der Waals surface area (Å²) in [5.74, 6) is 1.43. The molecule has 0 saturated carbocycles. The van der Waals surface area contributed by atoms with Crippen LogP contribution >= 0.6 is 0 Å². The summed E-state index contributed by atoms with van der Waals surface area (Å²) < 4.78 is 30.2. The molecular weight excluding hydrogens is 348 g/mol. The van der Waals surface area contributed by atoms with Gasteiger partial charge in [0.1, 0.15) is 6.33 Å². The summed E-state index contributed by atoms with van der Waals surface area (Å²) in [6.45, 7) is 5.09. The van der Waals surface area contributed by atoms with Crippen molar-refractivity contribution < 1.29 is 17.9 Å². The molecule has 0 aliphatic carbocycles. The van der Waals surface area contributed by atoms with Crippen molar-refractivity contribution in [2.75, 3.05) is 29.9 Å². The maximum Gasteiger partial charge on any atom is 0.274 e. The summed E-state index contributed by atoms with van der Waals surface area (Å²) in [6.07, 6.45) is 2.97. The Hall–Kier alpha value is -1.98. The zero-order valence-electron chi connectivity index (χ0n) is 14.2. The third kappa shape index (κ3) is 3.99. The number of aromatic nitrogens is 2. The van der Waals surface area contributed by atoms with Crippen molar-refractivity contribution in [1.82, 2.24) is 14.7 Å². The highest BCUT2D eigenvalue weighted by Gasteiger charge is 2.39. The molecule has 1 aromatic heterocycles. The highest BCUT2D eigenvalue weighted by molar-refractivity contribution is 7.87. The fraction of sp³-hybridized carbons (Fsp3) is 0.643. The molecule has 0 spiro atoms. The van der Waals surface area contributed by atoms with Gasteiger partial charge in [0.15, 0.2) is 17.2 Å². The number of hydrogen-bond acceptors (Lipinski definition) is 7. The van der Waals surface area contributed by atoms with Crippen molar-refractivity contribution in [3.05, 3.63) is 6.33 Å². The molecule has 0 radical (unpaired) electrons. The molecule has 25 heavy (non-hydrogen) atoms. The second-order valence-corrected chi connectivity index (χ2v) is 8.14. The monoisotopic (exact) mass is 370 g/mol. The number of carbonyl (C=O) groups excluding carboxylic acids is 1. The summed E-state index contributed by atoms with van der Waals surface area (Å²) in [5, 5.41) is 7.71. The van der Waals surface area contributed by atoms with Crippen LogP contribution < -0.4 is 24.8 Å². The first-order chi connectivity index (χ1) is 11.7. The van der Waals surface area contributed by atoms with Crippen LogP contribution in [0.15, 0.2) is 6.33 Å². The molecule has 1 amide bonds. The van der Waals surface area contributed by atoms with E-state index in [4.69, 9.17) is 9.88 Å². The maximum absolute atomic E-state index is 12.0. The number of ether oxygens (including phenoxy) is 1. The number of piperidine rings is 1. The molecule has 1 fully saturated rings. The molecule has 2 aliphatic heterocycles. The van der Waals surface area contributed by atoms with Crippen molar-refractivity contribution in [3.63, 3.8) is 0 Å². The predicted octanol–water partition coefficient (Wildman–Crippen LogP) is -0.404. The van der Waals surface area contributed by atoms with Crippen LogP contribution in [-0.4, -0.2) is 49.5 Å². The van der Waals surface area contributed by atoms with Crippen LogP contribution in [0, 0.1) is 5.92 Å². The standard InChI is InChI=1S/C14H22N6O4S/c1-14(2)13(21)19-11-10(24-14)12(17-8-16-11)20-5-3-9(4-6-20)7-18-25(15,22)23/h8-9,18H,3-7H2,1-2H3,(H2,15,22,23)(H,16,17,19,21). The molecule has 3 heterocycles. The topological polar surface area (TPSA) is 140 Å². The van der Waals surface area contributed by atoms with Crippen molar-refractivity contribution in [2.24, 2.45) is 11.1 Å². The van der Waals surface area contributed by atoms with Crippen LogP contribution in [-0.2, 0) is 15.0 Å². The smallest absolute Gasteiger partial charge is 0.274 e. The molecule has 10 nitrogen and oxygen atoms in total. The van der Waals surface area contributed by atoms with Gasteiger partial charge < -0.3 is 15.0 Å². The molecule has 138 valence electrons. The number of fused-ring (bicyclic) bond motifs is 1. The number of nitrogens with two attached hydrogens (primary N) is 1. The molecular formula is C14H22N6O4S. The van der Waals surface area contributed by atoms with E-state index in [9.17, 15) is 13.2 Å². The number of hydrogen-bond donors (Lipinski definition) is 3.